The number of hydrogen-bond acceptors (Lipinski definition) is 3. The van der Waals surface area contributed by atoms with Gasteiger partial charge in [0.1, 0.15) is 0 Å². The fourth-order valence-corrected chi connectivity index (χ4v) is 10.2. The summed E-state index contributed by atoms with van der Waals surface area (Å²) >= 11 is -1.98. The van der Waals surface area contributed by atoms with Crippen LogP contribution in [0.4, 0.5) is 0 Å². The second-order valence-electron chi connectivity index (χ2n) is 6.00. The van der Waals surface area contributed by atoms with Crippen LogP contribution in [-0.4, -0.2) is 30.7 Å². The van der Waals surface area contributed by atoms with Crippen molar-refractivity contribution in [3.8, 4) is 0 Å². The molecule has 0 aliphatic rings. The van der Waals surface area contributed by atoms with Crippen molar-refractivity contribution in [3.05, 3.63) is 121 Å². The van der Waals surface area contributed by atoms with E-state index < -0.39 is 25.7 Å². The van der Waals surface area contributed by atoms with Gasteiger partial charge >= 0.3 is 121 Å². The zero-order valence-electron chi connectivity index (χ0n) is 15.2. The molecule has 3 nitrogen and oxygen atoms in total. The molecular weight excluding hydrogens is 453 g/mol. The van der Waals surface area contributed by atoms with Crippen LogP contribution in [-0.2, 0) is 0 Å². The normalized spacial score (nSPS) is 9.71. The Hall–Kier alpha value is -2.92. The van der Waals surface area contributed by atoms with Gasteiger partial charge < -0.3 is 9.90 Å². The van der Waals surface area contributed by atoms with E-state index in [0.29, 0.717) is 0 Å². The summed E-state index contributed by atoms with van der Waals surface area (Å²) < 4.78 is 4.59. The maximum absolute atomic E-state index is 10.1. The van der Waals surface area contributed by atoms with E-state index in [-0.39, 0.29) is 5.56 Å². The number of pyridine rings is 1. The molecule has 1 aromatic heterocycles. The van der Waals surface area contributed by atoms with E-state index in [1.54, 1.807) is 0 Å². The van der Waals surface area contributed by atoms with Gasteiger partial charge in [-0.25, -0.2) is 0 Å². The third kappa shape index (κ3) is 5.54. The van der Waals surface area contributed by atoms with Crippen LogP contribution in [0, 0.1) is 0 Å². The van der Waals surface area contributed by atoms with E-state index in [1.807, 2.05) is 0 Å². The van der Waals surface area contributed by atoms with Crippen LogP contribution in [0.25, 0.3) is 0 Å². The molecule has 0 N–H and O–H groups in total. The number of carbonyl (C=O) groups is 1. The Kier molecular flexibility index (Phi) is 7.38. The molecule has 4 aromatic rings. The number of nitrogens with zero attached hydrogens (tertiary/aromatic N) is 1. The molecule has 0 saturated carbocycles. The fraction of sp³-hybridized carbons (Fsp3) is 0. The Balaban J connectivity index is 0.000000211. The molecule has 136 valence electrons. The van der Waals surface area contributed by atoms with Crippen molar-refractivity contribution in [2.24, 2.45) is 0 Å². The minimum atomic E-state index is -1.98. The van der Waals surface area contributed by atoms with Crippen LogP contribution in [0.2, 0.25) is 0 Å². The molecule has 1 heterocycles. The maximum atomic E-state index is 10.1. The van der Waals surface area contributed by atoms with Crippen LogP contribution in [0.3, 0.4) is 0 Å². The Morgan fingerprint density at radius 3 is 1.25 bits per heavy atom. The third-order valence-corrected chi connectivity index (χ3v) is 11.9. The summed E-state index contributed by atoms with van der Waals surface area (Å²) in [6.07, 6.45) is 2.82. The number of carboxylic acids is 1. The van der Waals surface area contributed by atoms with E-state index in [2.05, 4.69) is 96.0 Å². The zero-order chi connectivity index (χ0) is 19.6. The first kappa shape index (κ1) is 19.8. The molecule has 0 aliphatic carbocycles. The summed E-state index contributed by atoms with van der Waals surface area (Å²) in [6.45, 7) is 0. The third-order valence-electron chi connectivity index (χ3n) is 4.10. The molecule has 0 atom stereocenters. The number of hydrogen-bond donors (Lipinski definition) is 0. The predicted octanol–water partition coefficient (Wildman–Crippen LogP) is 1.65. The van der Waals surface area contributed by atoms with E-state index >= 15 is 0 Å². The molecule has 0 saturated heterocycles. The summed E-state index contributed by atoms with van der Waals surface area (Å²) in [5, 5.41) is 10.1. The zero-order valence-corrected chi connectivity index (χ0v) is 18.1. The minimum absolute atomic E-state index is 0.157. The van der Waals surface area contributed by atoms with Gasteiger partial charge in [-0.15, -0.1) is 0 Å². The summed E-state index contributed by atoms with van der Waals surface area (Å²) in [6, 6.07) is 35.7. The number of aromatic nitrogens is 1. The van der Waals surface area contributed by atoms with Crippen molar-refractivity contribution < 1.29 is 9.90 Å². The topological polar surface area (TPSA) is 53.0 Å². The van der Waals surface area contributed by atoms with Crippen LogP contribution >= 0.6 is 0 Å². The van der Waals surface area contributed by atoms with Crippen molar-refractivity contribution in [2.75, 3.05) is 0 Å². The second-order valence-corrected chi connectivity index (χ2v) is 13.1. The molecule has 4 heteroatoms. The van der Waals surface area contributed by atoms with Gasteiger partial charge in [-0.3, -0.25) is 4.98 Å². The number of carboxylic acid groups (broad SMARTS) is 1. The SMILES string of the molecule is O=C([O-])c1ccncc1.c1cc[c]([Sn+]([c]2ccccc2)[c]2ccccc2)cc1. The molecule has 0 radical (unpaired) electrons. The van der Waals surface area contributed by atoms with Crippen LogP contribution < -0.4 is 15.8 Å². The van der Waals surface area contributed by atoms with Crippen molar-refractivity contribution in [1.82, 2.24) is 4.98 Å². The van der Waals surface area contributed by atoms with Gasteiger partial charge in [0.15, 0.2) is 0 Å². The number of aromatic carboxylic acids is 1. The first-order valence-electron chi connectivity index (χ1n) is 8.90. The van der Waals surface area contributed by atoms with Gasteiger partial charge in [-0.05, 0) is 12.1 Å². The number of carbonyl (C=O) groups excluding carboxylic acids is 1. The summed E-state index contributed by atoms with van der Waals surface area (Å²) in [5.41, 5.74) is 0.157. The molecule has 0 spiro atoms. The van der Waals surface area contributed by atoms with E-state index in [4.69, 9.17) is 0 Å². The average molecular weight is 472 g/mol. The quantitative estimate of drug-likeness (QED) is 0.425. The molecule has 28 heavy (non-hydrogen) atoms. The van der Waals surface area contributed by atoms with Gasteiger partial charge in [0.05, 0.1) is 5.97 Å². The first-order chi connectivity index (χ1) is 13.8. The van der Waals surface area contributed by atoms with Crippen LogP contribution in [0.5, 0.6) is 0 Å². The Morgan fingerprint density at radius 2 is 0.964 bits per heavy atom. The fourth-order valence-electron chi connectivity index (χ4n) is 2.80. The summed E-state index contributed by atoms with van der Waals surface area (Å²) in [7, 11) is 0. The first-order valence-corrected chi connectivity index (χ1v) is 13.2. The van der Waals surface area contributed by atoms with Crippen molar-refractivity contribution in [3.63, 3.8) is 0 Å². The summed E-state index contributed by atoms with van der Waals surface area (Å²) in [5.74, 6) is -1.17. The van der Waals surface area contributed by atoms with Gasteiger partial charge in [0.2, 0.25) is 0 Å². The molecule has 4 rings (SSSR count). The average Bonchev–Trinajstić information content (AvgIpc) is 2.77. The summed E-state index contributed by atoms with van der Waals surface area (Å²) in [4.78, 5) is 13.7. The number of benzene rings is 3. The molecule has 0 aliphatic heterocycles. The second kappa shape index (κ2) is 10.4. The van der Waals surface area contributed by atoms with E-state index in [0.717, 1.165) is 0 Å². The molecule has 0 fully saturated rings. The van der Waals surface area contributed by atoms with Crippen molar-refractivity contribution >= 4 is 36.5 Å². The monoisotopic (exact) mass is 473 g/mol. The molecular formula is C24H19NO2Sn. The Morgan fingerprint density at radius 1 is 0.607 bits per heavy atom. The van der Waals surface area contributed by atoms with Gasteiger partial charge in [0, 0.05) is 18.0 Å². The standard InChI is InChI=1S/C6H5NO2.3C6H5.Sn/c8-6(9)5-1-3-7-4-2-5;3*1-2-4-6-5-3-1;/h1-4H,(H,8,9);3*1-5H;/q;;;;+1/p-1. The predicted molar refractivity (Wildman–Crippen MR) is 113 cm³/mol. The van der Waals surface area contributed by atoms with Gasteiger partial charge in [-0.1, -0.05) is 0 Å². The Labute approximate surface area is 172 Å². The molecule has 3 aromatic carbocycles. The van der Waals surface area contributed by atoms with Crippen LogP contribution in [0.15, 0.2) is 116 Å². The molecule has 0 bridgehead atoms. The Bertz CT molecular complexity index is 884. The van der Waals surface area contributed by atoms with E-state index in [9.17, 15) is 9.90 Å². The van der Waals surface area contributed by atoms with Crippen molar-refractivity contribution in [2.45, 2.75) is 0 Å². The number of rotatable bonds is 4. The van der Waals surface area contributed by atoms with Crippen molar-refractivity contribution in [1.29, 1.82) is 0 Å². The molecule has 0 unspecified atom stereocenters. The van der Waals surface area contributed by atoms with E-state index in [1.165, 1.54) is 35.3 Å². The van der Waals surface area contributed by atoms with Crippen LogP contribution in [0.1, 0.15) is 10.4 Å². The van der Waals surface area contributed by atoms with Gasteiger partial charge in [-0.2, -0.15) is 0 Å². The van der Waals surface area contributed by atoms with Gasteiger partial charge in [0.25, 0.3) is 0 Å². The molecule has 0 amide bonds.